The summed E-state index contributed by atoms with van der Waals surface area (Å²) in [6, 6.07) is 5.16. The second kappa shape index (κ2) is 8.08. The number of alkyl halides is 6. The Bertz CT molecular complexity index is 1160. The van der Waals surface area contributed by atoms with Crippen molar-refractivity contribution in [3.63, 3.8) is 0 Å². The third-order valence-electron chi connectivity index (χ3n) is 3.79. The molecule has 0 unspecified atom stereocenters. The number of benzene rings is 1. The molecule has 3 aromatic rings. The predicted octanol–water partition coefficient (Wildman–Crippen LogP) is 3.39. The summed E-state index contributed by atoms with van der Waals surface area (Å²) in [6.07, 6.45) is -5.74. The number of rotatable bonds is 4. The van der Waals surface area contributed by atoms with Gasteiger partial charge in [-0.3, -0.25) is 15.0 Å². The zero-order valence-corrected chi connectivity index (χ0v) is 15.1. The fourth-order valence-corrected chi connectivity index (χ4v) is 2.38. The van der Waals surface area contributed by atoms with Crippen LogP contribution in [0.1, 0.15) is 11.1 Å². The molecule has 0 fully saturated rings. The minimum atomic E-state index is -5.01. The van der Waals surface area contributed by atoms with Crippen molar-refractivity contribution in [2.45, 2.75) is 12.4 Å². The summed E-state index contributed by atoms with van der Waals surface area (Å²) in [5.41, 5.74) is -1.78. The third-order valence-corrected chi connectivity index (χ3v) is 3.79. The molecule has 3 rings (SSSR count). The van der Waals surface area contributed by atoms with Gasteiger partial charge in [-0.15, -0.1) is 5.10 Å². The highest BCUT2D eigenvalue weighted by Crippen LogP contribution is 2.37. The number of nitrogens with one attached hydrogen (secondary N) is 1. The maximum absolute atomic E-state index is 13.0. The highest BCUT2D eigenvalue weighted by Gasteiger charge is 2.37. The van der Waals surface area contributed by atoms with Crippen LogP contribution in [0.5, 0.6) is 0 Å². The molecule has 0 aliphatic heterocycles. The molecule has 1 amide bonds. The van der Waals surface area contributed by atoms with Crippen LogP contribution in [0.15, 0.2) is 59.8 Å². The summed E-state index contributed by atoms with van der Waals surface area (Å²) < 4.78 is 79.7. The van der Waals surface area contributed by atoms with Crippen molar-refractivity contribution in [1.82, 2.24) is 19.4 Å². The van der Waals surface area contributed by atoms with E-state index >= 15 is 0 Å². The fourth-order valence-electron chi connectivity index (χ4n) is 2.38. The lowest BCUT2D eigenvalue weighted by atomic mass is 10.0. The van der Waals surface area contributed by atoms with E-state index in [0.717, 1.165) is 28.0 Å². The summed E-state index contributed by atoms with van der Waals surface area (Å²) in [4.78, 5) is 27.1. The average Bonchev–Trinajstić information content (AvgIpc) is 3.16. The second-order valence-corrected chi connectivity index (χ2v) is 6.04. The Morgan fingerprint density at radius 3 is 2.23 bits per heavy atom. The van der Waals surface area contributed by atoms with Crippen molar-refractivity contribution in [2.75, 3.05) is 5.43 Å². The summed E-state index contributed by atoms with van der Waals surface area (Å²) >= 11 is 0. The molecule has 0 radical (unpaired) electrons. The zero-order chi connectivity index (χ0) is 22.8. The van der Waals surface area contributed by atoms with Crippen molar-refractivity contribution in [3.05, 3.63) is 76.5 Å². The zero-order valence-electron chi connectivity index (χ0n) is 15.1. The van der Waals surface area contributed by atoms with Gasteiger partial charge in [-0.25, -0.2) is 14.3 Å². The van der Waals surface area contributed by atoms with E-state index in [4.69, 9.17) is 0 Å². The lowest BCUT2D eigenvalue weighted by molar-refractivity contribution is -0.143. The molecule has 31 heavy (non-hydrogen) atoms. The Morgan fingerprint density at radius 2 is 1.65 bits per heavy atom. The van der Waals surface area contributed by atoms with E-state index in [0.29, 0.717) is 12.1 Å². The lowest BCUT2D eigenvalue weighted by Gasteiger charge is -2.13. The molecule has 2 heterocycles. The van der Waals surface area contributed by atoms with Crippen molar-refractivity contribution in [2.24, 2.45) is 0 Å². The number of carbonyl (C=O) groups is 1. The first-order valence-corrected chi connectivity index (χ1v) is 8.31. The fraction of sp³-hybridized carbons (Fsp3) is 0.111. The highest BCUT2D eigenvalue weighted by atomic mass is 19.4. The maximum Gasteiger partial charge on any atom is 0.416 e. The molecule has 1 N–H and O–H groups in total. The first-order valence-electron chi connectivity index (χ1n) is 8.31. The molecule has 0 bridgehead atoms. The van der Waals surface area contributed by atoms with Crippen molar-refractivity contribution >= 4 is 12.1 Å². The summed E-state index contributed by atoms with van der Waals surface area (Å²) in [5, 5.41) is 3.76. The standard InChI is InChI=1S/C18H11F6N5O2/c19-17(20,21)12-7-11(8-13(9-12)18(22,23)24)16-25-10-28(27-16)6-4-14(30)26-29-5-2-1-3-15(29)31/h1-10H,(H,26,30)/b6-4-. The lowest BCUT2D eigenvalue weighted by Crippen LogP contribution is -2.30. The molecule has 0 saturated heterocycles. The number of nitrogens with zero attached hydrogens (tertiary/aromatic N) is 4. The molecular weight excluding hydrogens is 432 g/mol. The van der Waals surface area contributed by atoms with E-state index in [1.807, 2.05) is 0 Å². The van der Waals surface area contributed by atoms with Crippen LogP contribution in [0.2, 0.25) is 0 Å². The molecule has 162 valence electrons. The third kappa shape index (κ3) is 5.38. The highest BCUT2D eigenvalue weighted by molar-refractivity contribution is 5.96. The van der Waals surface area contributed by atoms with Crippen molar-refractivity contribution in [1.29, 1.82) is 0 Å². The van der Waals surface area contributed by atoms with Gasteiger partial charge in [-0.1, -0.05) is 6.07 Å². The number of amides is 1. The van der Waals surface area contributed by atoms with E-state index in [9.17, 15) is 35.9 Å². The monoisotopic (exact) mass is 443 g/mol. The van der Waals surface area contributed by atoms with Crippen LogP contribution in [0.4, 0.5) is 26.3 Å². The van der Waals surface area contributed by atoms with E-state index in [-0.39, 0.29) is 6.07 Å². The normalized spacial score (nSPS) is 12.3. The molecule has 1 aromatic carbocycles. The van der Waals surface area contributed by atoms with Gasteiger partial charge in [0.05, 0.1) is 11.1 Å². The molecule has 0 aliphatic rings. The molecule has 13 heteroatoms. The van der Waals surface area contributed by atoms with Gasteiger partial charge in [-0.05, 0) is 24.3 Å². The number of aromatic nitrogens is 4. The summed E-state index contributed by atoms with van der Waals surface area (Å²) in [6.45, 7) is 0. The minimum absolute atomic E-state index is 0.00371. The Hall–Kier alpha value is -3.90. The minimum Gasteiger partial charge on any atom is -0.268 e. The first kappa shape index (κ1) is 21.8. The Kier molecular flexibility index (Phi) is 5.69. The number of pyridine rings is 1. The van der Waals surface area contributed by atoms with Gasteiger partial charge in [0.1, 0.15) is 6.33 Å². The first-order chi connectivity index (χ1) is 14.4. The average molecular weight is 443 g/mol. The van der Waals surface area contributed by atoms with Gasteiger partial charge in [0, 0.05) is 30.1 Å². The van der Waals surface area contributed by atoms with Crippen LogP contribution in [0.25, 0.3) is 17.6 Å². The van der Waals surface area contributed by atoms with Gasteiger partial charge >= 0.3 is 12.4 Å². The molecular formula is C18H11F6N5O2. The van der Waals surface area contributed by atoms with E-state index in [1.54, 1.807) is 0 Å². The van der Waals surface area contributed by atoms with E-state index in [1.165, 1.54) is 24.4 Å². The topological polar surface area (TPSA) is 81.8 Å². The van der Waals surface area contributed by atoms with Crippen molar-refractivity contribution in [3.8, 4) is 11.4 Å². The predicted molar refractivity (Wildman–Crippen MR) is 95.9 cm³/mol. The summed E-state index contributed by atoms with van der Waals surface area (Å²) in [7, 11) is 0. The van der Waals surface area contributed by atoms with Crippen molar-refractivity contribution < 1.29 is 31.1 Å². The summed E-state index contributed by atoms with van der Waals surface area (Å²) in [5.74, 6) is -1.16. The number of hydrogen-bond acceptors (Lipinski definition) is 4. The van der Waals surface area contributed by atoms with Crippen LogP contribution in [0, 0.1) is 0 Å². The van der Waals surface area contributed by atoms with Crippen LogP contribution < -0.4 is 11.0 Å². The van der Waals surface area contributed by atoms with Crippen LogP contribution >= 0.6 is 0 Å². The maximum atomic E-state index is 13.0. The Labute approximate surface area is 169 Å². The molecule has 0 saturated carbocycles. The van der Waals surface area contributed by atoms with Crippen LogP contribution in [-0.4, -0.2) is 25.3 Å². The Morgan fingerprint density at radius 1 is 1.00 bits per heavy atom. The molecule has 0 aliphatic carbocycles. The van der Waals surface area contributed by atoms with Gasteiger partial charge in [0.2, 0.25) is 0 Å². The van der Waals surface area contributed by atoms with E-state index < -0.39 is 46.3 Å². The molecule has 0 atom stereocenters. The smallest absolute Gasteiger partial charge is 0.268 e. The SMILES string of the molecule is O=C(/C=C\n1cnc(-c2cc(C(F)(F)F)cc(C(F)(F)F)c2)n1)Nn1ccccc1=O. The van der Waals surface area contributed by atoms with Crippen LogP contribution in [-0.2, 0) is 17.1 Å². The van der Waals surface area contributed by atoms with Gasteiger partial charge < -0.3 is 0 Å². The molecule has 2 aromatic heterocycles. The molecule has 0 spiro atoms. The number of halogens is 6. The van der Waals surface area contributed by atoms with Gasteiger partial charge in [0.25, 0.3) is 11.5 Å². The Balaban J connectivity index is 1.85. The molecule has 7 nitrogen and oxygen atoms in total. The van der Waals surface area contributed by atoms with E-state index in [2.05, 4.69) is 15.5 Å². The quantitative estimate of drug-likeness (QED) is 0.495. The van der Waals surface area contributed by atoms with Crippen LogP contribution in [0.3, 0.4) is 0 Å². The second-order valence-electron chi connectivity index (χ2n) is 6.04. The number of hydrogen-bond donors (Lipinski definition) is 1. The number of carbonyl (C=O) groups excluding carboxylic acids is 1. The van der Waals surface area contributed by atoms with Gasteiger partial charge in [-0.2, -0.15) is 26.3 Å². The largest absolute Gasteiger partial charge is 0.416 e. The van der Waals surface area contributed by atoms with Gasteiger partial charge in [0.15, 0.2) is 5.82 Å².